The Balaban J connectivity index is 2.37. The number of H-pyrrole nitrogens is 2. The molecule has 0 bridgehead atoms. The summed E-state index contributed by atoms with van der Waals surface area (Å²) in [7, 11) is 0.567. The topological polar surface area (TPSA) is 98.5 Å². The standard InChI is InChI=1S/C12H8F4N4O3/c1-23-10(21)12(15,16)11(13,14)9-17-8(18-19-9)6-2-4-7(20-22)5-3-6/h2-5H,1H3,(H,17,18,19)/p+1. The second-order valence-electron chi connectivity index (χ2n) is 4.35. The largest absolute Gasteiger partial charge is 0.464 e. The first-order valence-electron chi connectivity index (χ1n) is 6.00. The molecule has 2 aromatic rings. The van der Waals surface area contributed by atoms with Gasteiger partial charge in [-0.1, -0.05) is 0 Å². The van der Waals surface area contributed by atoms with Crippen molar-refractivity contribution >= 4 is 11.7 Å². The summed E-state index contributed by atoms with van der Waals surface area (Å²) in [5.41, 5.74) is 0.323. The predicted octanol–water partition coefficient (Wildman–Crippen LogP) is 2.19. The molecular weight excluding hydrogens is 324 g/mol. The van der Waals surface area contributed by atoms with Gasteiger partial charge in [-0.2, -0.15) is 17.6 Å². The van der Waals surface area contributed by atoms with E-state index in [0.29, 0.717) is 7.11 Å². The van der Waals surface area contributed by atoms with E-state index in [1.807, 2.05) is 4.98 Å². The molecule has 2 N–H and O–H groups in total. The van der Waals surface area contributed by atoms with E-state index in [2.05, 4.69) is 15.0 Å². The van der Waals surface area contributed by atoms with Crippen molar-refractivity contribution in [1.82, 2.24) is 10.2 Å². The number of carbonyl (C=O) groups is 1. The minimum absolute atomic E-state index is 0.0899. The number of nitroso groups, excluding NO2 is 1. The number of esters is 1. The molecule has 1 heterocycles. The highest BCUT2D eigenvalue weighted by Crippen LogP contribution is 2.41. The molecule has 1 aromatic heterocycles. The molecule has 0 aliphatic rings. The fourth-order valence-corrected chi connectivity index (χ4v) is 1.67. The van der Waals surface area contributed by atoms with Crippen molar-refractivity contribution in [1.29, 1.82) is 0 Å². The Morgan fingerprint density at radius 3 is 2.39 bits per heavy atom. The minimum Gasteiger partial charge on any atom is -0.464 e. The number of alkyl halides is 4. The van der Waals surface area contributed by atoms with Gasteiger partial charge >= 0.3 is 29.5 Å². The lowest BCUT2D eigenvalue weighted by Crippen LogP contribution is -2.48. The summed E-state index contributed by atoms with van der Waals surface area (Å²) in [6.45, 7) is 0. The molecule has 2 rings (SSSR count). The van der Waals surface area contributed by atoms with Crippen LogP contribution in [0.5, 0.6) is 0 Å². The van der Waals surface area contributed by atoms with Crippen molar-refractivity contribution in [3.63, 3.8) is 0 Å². The Kier molecular flexibility index (Phi) is 4.12. The number of ether oxygens (including phenoxy) is 1. The molecule has 0 amide bonds. The van der Waals surface area contributed by atoms with Crippen LogP contribution in [0.2, 0.25) is 0 Å². The van der Waals surface area contributed by atoms with E-state index in [9.17, 15) is 27.3 Å². The lowest BCUT2D eigenvalue weighted by atomic mass is 10.1. The van der Waals surface area contributed by atoms with Gasteiger partial charge in [0.25, 0.3) is 0 Å². The fraction of sp³-hybridized carbons (Fsp3) is 0.250. The number of nitrogens with zero attached hydrogens (tertiary/aromatic N) is 2. The molecule has 0 radical (unpaired) electrons. The van der Waals surface area contributed by atoms with Crippen molar-refractivity contribution in [3.8, 4) is 11.4 Å². The molecule has 0 unspecified atom stereocenters. The first kappa shape index (κ1) is 16.5. The fourth-order valence-electron chi connectivity index (χ4n) is 1.67. The molecular formula is C12H9F4N4O3+. The quantitative estimate of drug-likeness (QED) is 0.515. The molecule has 0 saturated carbocycles. The molecule has 11 heteroatoms. The number of methoxy groups -OCH3 is 1. The highest BCUT2D eigenvalue weighted by Gasteiger charge is 2.68. The van der Waals surface area contributed by atoms with Crippen molar-refractivity contribution < 1.29 is 32.1 Å². The van der Waals surface area contributed by atoms with Gasteiger partial charge in [-0.3, -0.25) is 0 Å². The van der Waals surface area contributed by atoms with Gasteiger partial charge in [-0.15, -0.1) is 10.0 Å². The van der Waals surface area contributed by atoms with E-state index in [1.54, 1.807) is 5.10 Å². The minimum atomic E-state index is -5.09. The van der Waals surface area contributed by atoms with E-state index in [0.717, 1.165) is 0 Å². The Morgan fingerprint density at radius 2 is 1.87 bits per heavy atom. The van der Waals surface area contributed by atoms with Crippen LogP contribution in [0.4, 0.5) is 23.2 Å². The van der Waals surface area contributed by atoms with Gasteiger partial charge in [0.2, 0.25) is 0 Å². The van der Waals surface area contributed by atoms with Crippen LogP contribution in [0.25, 0.3) is 11.4 Å². The molecule has 0 saturated heterocycles. The lowest BCUT2D eigenvalue weighted by Gasteiger charge is -2.19. The molecule has 1 aromatic carbocycles. The van der Waals surface area contributed by atoms with Gasteiger partial charge in [0.15, 0.2) is 0 Å². The van der Waals surface area contributed by atoms with E-state index in [4.69, 9.17) is 0 Å². The normalized spacial score (nSPS) is 12.0. The summed E-state index contributed by atoms with van der Waals surface area (Å²) >= 11 is 0. The number of hydrogen-bond acceptors (Lipinski definition) is 5. The van der Waals surface area contributed by atoms with Crippen LogP contribution < -0.4 is 4.98 Å². The monoisotopic (exact) mass is 333 g/mol. The van der Waals surface area contributed by atoms with Crippen LogP contribution in [0.1, 0.15) is 5.82 Å². The maximum Gasteiger partial charge on any atom is 0.415 e. The molecule has 0 atom stereocenters. The second-order valence-corrected chi connectivity index (χ2v) is 4.35. The number of halogens is 4. The van der Waals surface area contributed by atoms with Gasteiger partial charge in [-0.25, -0.2) is 9.78 Å². The van der Waals surface area contributed by atoms with E-state index < -0.39 is 23.6 Å². The van der Waals surface area contributed by atoms with Gasteiger partial charge < -0.3 is 4.74 Å². The molecule has 0 fully saturated rings. The third kappa shape index (κ3) is 2.76. The zero-order valence-electron chi connectivity index (χ0n) is 11.4. The summed E-state index contributed by atoms with van der Waals surface area (Å²) in [5.74, 6) is -13.9. The number of carbonyl (C=O) groups excluding carboxylic acids is 1. The van der Waals surface area contributed by atoms with Gasteiger partial charge in [0, 0.05) is 5.10 Å². The van der Waals surface area contributed by atoms with Crippen molar-refractivity contribution in [2.24, 2.45) is 5.18 Å². The number of aromatic nitrogens is 3. The summed E-state index contributed by atoms with van der Waals surface area (Å²) in [6, 6.07) is 5.21. The van der Waals surface area contributed by atoms with Gasteiger partial charge in [-0.05, 0) is 29.4 Å². The first-order valence-corrected chi connectivity index (χ1v) is 6.00. The van der Waals surface area contributed by atoms with Crippen LogP contribution in [0.3, 0.4) is 0 Å². The molecule has 7 nitrogen and oxygen atoms in total. The third-order valence-corrected chi connectivity index (χ3v) is 2.92. The van der Waals surface area contributed by atoms with Crippen LogP contribution in [-0.4, -0.2) is 29.2 Å². The number of rotatable bonds is 5. The highest BCUT2D eigenvalue weighted by atomic mass is 19.3. The van der Waals surface area contributed by atoms with Crippen molar-refractivity contribution in [2.45, 2.75) is 11.8 Å². The summed E-state index contributed by atoms with van der Waals surface area (Å²) in [6.07, 6.45) is 0. The summed E-state index contributed by atoms with van der Waals surface area (Å²) in [5, 5.41) is 7.83. The Labute approximate surface area is 125 Å². The maximum absolute atomic E-state index is 13.8. The Hall–Kier alpha value is -2.85. The average molecular weight is 333 g/mol. The molecule has 0 spiro atoms. The first-order chi connectivity index (χ1) is 10.7. The van der Waals surface area contributed by atoms with E-state index >= 15 is 0 Å². The van der Waals surface area contributed by atoms with Crippen LogP contribution in [-0.2, 0) is 15.5 Å². The molecule has 122 valence electrons. The number of aromatic amines is 2. The summed E-state index contributed by atoms with van der Waals surface area (Å²) in [4.78, 5) is 23.1. The van der Waals surface area contributed by atoms with Crippen LogP contribution in [0, 0.1) is 4.91 Å². The molecule has 23 heavy (non-hydrogen) atoms. The van der Waals surface area contributed by atoms with E-state index in [1.165, 1.54) is 24.3 Å². The SMILES string of the molecule is COC(=O)C(F)(F)C(F)(F)c1[nH]nc(-c2ccc(N=O)cc2)[nH+]1. The zero-order chi connectivity index (χ0) is 17.3. The Bertz CT molecular complexity index is 730. The number of hydrogen-bond donors (Lipinski definition) is 1. The lowest BCUT2D eigenvalue weighted by molar-refractivity contribution is -0.414. The van der Waals surface area contributed by atoms with Crippen molar-refractivity contribution in [2.75, 3.05) is 7.11 Å². The maximum atomic E-state index is 13.8. The number of nitrogens with one attached hydrogen (secondary N) is 2. The molecule has 0 aliphatic heterocycles. The number of benzene rings is 1. The average Bonchev–Trinajstić information content (AvgIpc) is 3.04. The van der Waals surface area contributed by atoms with Gasteiger partial charge in [0.05, 0.1) is 12.7 Å². The third-order valence-electron chi connectivity index (χ3n) is 2.92. The Morgan fingerprint density at radius 1 is 1.26 bits per heavy atom. The smallest absolute Gasteiger partial charge is 0.415 e. The van der Waals surface area contributed by atoms with Crippen LogP contribution >= 0.6 is 0 Å². The van der Waals surface area contributed by atoms with E-state index in [-0.39, 0.29) is 17.1 Å². The summed E-state index contributed by atoms with van der Waals surface area (Å²) < 4.78 is 58.2. The van der Waals surface area contributed by atoms with Crippen molar-refractivity contribution in [3.05, 3.63) is 35.0 Å². The van der Waals surface area contributed by atoms with Crippen LogP contribution in [0.15, 0.2) is 29.4 Å². The predicted molar refractivity (Wildman–Crippen MR) is 66.9 cm³/mol. The van der Waals surface area contributed by atoms with Gasteiger partial charge in [0.1, 0.15) is 5.69 Å². The highest BCUT2D eigenvalue weighted by molar-refractivity contribution is 5.78. The second kappa shape index (κ2) is 5.74. The molecule has 0 aliphatic carbocycles. The zero-order valence-corrected chi connectivity index (χ0v) is 11.4.